The molecular weight excluding hydrogens is 284 g/mol. The van der Waals surface area contributed by atoms with Crippen molar-refractivity contribution >= 4 is 16.8 Å². The fourth-order valence-corrected chi connectivity index (χ4v) is 2.12. The van der Waals surface area contributed by atoms with Crippen molar-refractivity contribution in [2.75, 3.05) is 7.05 Å². The minimum Gasteiger partial charge on any atom is -0.359 e. The highest BCUT2D eigenvalue weighted by Crippen LogP contribution is 2.17. The Hall–Kier alpha value is -2.96. The molecule has 7 heteroatoms. The predicted octanol–water partition coefficient (Wildman–Crippen LogP) is 1.26. The van der Waals surface area contributed by atoms with E-state index in [1.165, 1.54) is 0 Å². The number of para-hydroxylation sites is 1. The number of hydrogen-bond acceptors (Lipinski definition) is 5. The minimum absolute atomic E-state index is 0.108. The molecule has 22 heavy (non-hydrogen) atoms. The average molecular weight is 298 g/mol. The Morgan fingerprint density at radius 1 is 1.36 bits per heavy atom. The Bertz CT molecular complexity index is 882. The highest BCUT2D eigenvalue weighted by Gasteiger charge is 2.13. The van der Waals surface area contributed by atoms with E-state index in [1.807, 2.05) is 24.3 Å². The van der Waals surface area contributed by atoms with Gasteiger partial charge in [0.1, 0.15) is 0 Å². The number of nitrogens with zero attached hydrogens (tertiary/aromatic N) is 2. The second kappa shape index (κ2) is 5.80. The fourth-order valence-electron chi connectivity index (χ4n) is 2.12. The molecule has 0 spiro atoms. The number of rotatable bonds is 4. The molecule has 1 aromatic carbocycles. The summed E-state index contributed by atoms with van der Waals surface area (Å²) in [5.41, 5.74) is 0.811. The number of carbonyl (C=O) groups excluding carboxylic acids is 1. The normalized spacial score (nSPS) is 10.8. The summed E-state index contributed by atoms with van der Waals surface area (Å²) in [7, 11) is 1.57. The zero-order chi connectivity index (χ0) is 15.5. The second-order valence-electron chi connectivity index (χ2n) is 4.78. The molecule has 0 aliphatic rings. The molecule has 112 valence electrons. The first-order valence-corrected chi connectivity index (χ1v) is 6.83. The summed E-state index contributed by atoms with van der Waals surface area (Å²) in [6, 6.07) is 9.17. The first kappa shape index (κ1) is 14.0. The lowest BCUT2D eigenvalue weighted by molar-refractivity contribution is -0.120. The van der Waals surface area contributed by atoms with E-state index >= 15 is 0 Å². The lowest BCUT2D eigenvalue weighted by atomic mass is 10.1. The van der Waals surface area contributed by atoms with Crippen molar-refractivity contribution in [2.24, 2.45) is 0 Å². The Morgan fingerprint density at radius 2 is 2.18 bits per heavy atom. The molecule has 7 nitrogen and oxygen atoms in total. The van der Waals surface area contributed by atoms with Gasteiger partial charge >= 0.3 is 0 Å². The number of aromatic nitrogens is 3. The largest absolute Gasteiger partial charge is 0.359 e. The quantitative estimate of drug-likeness (QED) is 0.755. The van der Waals surface area contributed by atoms with Crippen LogP contribution in [0.2, 0.25) is 0 Å². The van der Waals surface area contributed by atoms with Gasteiger partial charge in [0.25, 0.3) is 5.56 Å². The van der Waals surface area contributed by atoms with Gasteiger partial charge in [-0.15, -0.1) is 0 Å². The Balaban J connectivity index is 1.91. The van der Waals surface area contributed by atoms with Gasteiger partial charge in [0.15, 0.2) is 0 Å². The van der Waals surface area contributed by atoms with Crippen molar-refractivity contribution in [3.05, 3.63) is 46.6 Å². The lowest BCUT2D eigenvalue weighted by Gasteiger charge is -1.99. The molecule has 3 rings (SSSR count). The van der Waals surface area contributed by atoms with Crippen molar-refractivity contribution in [1.29, 1.82) is 0 Å². The predicted molar refractivity (Wildman–Crippen MR) is 80.2 cm³/mol. The van der Waals surface area contributed by atoms with Crippen LogP contribution >= 0.6 is 0 Å². The van der Waals surface area contributed by atoms with E-state index in [4.69, 9.17) is 4.52 Å². The van der Waals surface area contributed by atoms with Gasteiger partial charge in [-0.1, -0.05) is 23.4 Å². The van der Waals surface area contributed by atoms with E-state index < -0.39 is 0 Å². The maximum absolute atomic E-state index is 12.1. The molecule has 2 N–H and O–H groups in total. The van der Waals surface area contributed by atoms with Gasteiger partial charge in [0.2, 0.25) is 17.6 Å². The third-order valence-corrected chi connectivity index (χ3v) is 3.31. The van der Waals surface area contributed by atoms with Crippen molar-refractivity contribution in [3.63, 3.8) is 0 Å². The van der Waals surface area contributed by atoms with Crippen LogP contribution in [-0.4, -0.2) is 28.1 Å². The third-order valence-electron chi connectivity index (χ3n) is 3.31. The summed E-state index contributed by atoms with van der Waals surface area (Å²) in [6.07, 6.45) is 0.588. The van der Waals surface area contributed by atoms with Gasteiger partial charge in [0.05, 0.1) is 5.56 Å². The van der Waals surface area contributed by atoms with E-state index in [0.717, 1.165) is 10.9 Å². The second-order valence-corrected chi connectivity index (χ2v) is 4.78. The Morgan fingerprint density at radius 3 is 3.00 bits per heavy atom. The number of H-pyrrole nitrogens is 1. The van der Waals surface area contributed by atoms with Crippen LogP contribution < -0.4 is 10.9 Å². The third kappa shape index (κ3) is 2.73. The lowest BCUT2D eigenvalue weighted by Crippen LogP contribution is -2.18. The van der Waals surface area contributed by atoms with Crippen LogP contribution in [0.25, 0.3) is 22.3 Å². The van der Waals surface area contributed by atoms with Gasteiger partial charge in [-0.2, -0.15) is 4.98 Å². The minimum atomic E-state index is -0.280. The maximum atomic E-state index is 12.1. The van der Waals surface area contributed by atoms with Gasteiger partial charge in [0, 0.05) is 25.4 Å². The van der Waals surface area contributed by atoms with E-state index in [2.05, 4.69) is 20.4 Å². The number of aryl methyl sites for hydroxylation is 1. The average Bonchev–Trinajstić information content (AvgIpc) is 3.00. The van der Waals surface area contributed by atoms with Gasteiger partial charge in [-0.3, -0.25) is 9.59 Å². The van der Waals surface area contributed by atoms with Crippen LogP contribution in [0, 0.1) is 0 Å². The summed E-state index contributed by atoms with van der Waals surface area (Å²) in [5.74, 6) is 0.438. The molecule has 0 saturated carbocycles. The Kier molecular flexibility index (Phi) is 3.69. The van der Waals surface area contributed by atoms with E-state index in [1.54, 1.807) is 13.1 Å². The summed E-state index contributed by atoms with van der Waals surface area (Å²) >= 11 is 0. The highest BCUT2D eigenvalue weighted by molar-refractivity contribution is 5.82. The molecule has 0 atom stereocenters. The van der Waals surface area contributed by atoms with Crippen LogP contribution in [0.15, 0.2) is 39.6 Å². The molecule has 0 saturated heterocycles. The topological polar surface area (TPSA) is 101 Å². The van der Waals surface area contributed by atoms with Crippen molar-refractivity contribution in [3.8, 4) is 11.4 Å². The molecule has 0 aliphatic heterocycles. The Labute approximate surface area is 125 Å². The molecule has 0 fully saturated rings. The molecule has 2 aromatic heterocycles. The first-order valence-electron chi connectivity index (χ1n) is 6.83. The van der Waals surface area contributed by atoms with Gasteiger partial charge < -0.3 is 14.8 Å². The van der Waals surface area contributed by atoms with Crippen LogP contribution in [0.3, 0.4) is 0 Å². The fraction of sp³-hybridized carbons (Fsp3) is 0.200. The molecule has 0 unspecified atom stereocenters. The number of nitrogens with one attached hydrogen (secondary N) is 2. The van der Waals surface area contributed by atoms with E-state index in [-0.39, 0.29) is 23.7 Å². The van der Waals surface area contributed by atoms with Crippen molar-refractivity contribution in [2.45, 2.75) is 12.8 Å². The zero-order valence-electron chi connectivity index (χ0n) is 11.9. The van der Waals surface area contributed by atoms with Gasteiger partial charge in [-0.05, 0) is 17.5 Å². The molecule has 0 radical (unpaired) electrons. The van der Waals surface area contributed by atoms with Crippen LogP contribution in [0.1, 0.15) is 12.3 Å². The number of carbonyl (C=O) groups is 1. The highest BCUT2D eigenvalue weighted by atomic mass is 16.5. The molecule has 0 bridgehead atoms. The summed E-state index contributed by atoms with van der Waals surface area (Å²) in [4.78, 5) is 30.3. The standard InChI is InChI=1S/C15H14N4O3/c1-16-12(20)6-7-13-18-14(19-22-13)10-8-9-4-2-3-5-11(9)17-15(10)21/h2-5,8H,6-7H2,1H3,(H,16,20)(H,17,21). The van der Waals surface area contributed by atoms with Crippen molar-refractivity contribution in [1.82, 2.24) is 20.4 Å². The first-order chi connectivity index (χ1) is 10.7. The zero-order valence-corrected chi connectivity index (χ0v) is 11.9. The molecule has 0 aliphatic carbocycles. The molecule has 2 heterocycles. The van der Waals surface area contributed by atoms with Crippen LogP contribution in [0.5, 0.6) is 0 Å². The number of amides is 1. The van der Waals surface area contributed by atoms with E-state index in [0.29, 0.717) is 17.9 Å². The number of pyridine rings is 1. The summed E-state index contributed by atoms with van der Waals surface area (Å²) < 4.78 is 5.09. The smallest absolute Gasteiger partial charge is 0.259 e. The SMILES string of the molecule is CNC(=O)CCc1nc(-c2cc3ccccc3[nH]c2=O)no1. The summed E-state index contributed by atoms with van der Waals surface area (Å²) in [6.45, 7) is 0. The number of aromatic amines is 1. The number of hydrogen-bond donors (Lipinski definition) is 2. The number of fused-ring (bicyclic) bond motifs is 1. The van der Waals surface area contributed by atoms with Crippen LogP contribution in [-0.2, 0) is 11.2 Å². The number of benzene rings is 1. The molecule has 3 aromatic rings. The monoisotopic (exact) mass is 298 g/mol. The van der Waals surface area contributed by atoms with Crippen molar-refractivity contribution < 1.29 is 9.32 Å². The summed E-state index contributed by atoms with van der Waals surface area (Å²) in [5, 5.41) is 7.22. The maximum Gasteiger partial charge on any atom is 0.259 e. The van der Waals surface area contributed by atoms with Gasteiger partial charge in [-0.25, -0.2) is 0 Å². The van der Waals surface area contributed by atoms with Crippen LogP contribution in [0.4, 0.5) is 0 Å². The molecule has 1 amide bonds. The van der Waals surface area contributed by atoms with E-state index in [9.17, 15) is 9.59 Å². The molecular formula is C15H14N4O3.